The van der Waals surface area contributed by atoms with Crippen molar-refractivity contribution >= 4 is 46.1 Å². The Morgan fingerprint density at radius 2 is 1.96 bits per heavy atom. The molecule has 3 rings (SSSR count). The zero-order chi connectivity index (χ0) is 20.3. The number of carboxylic acids is 1. The zero-order valence-electron chi connectivity index (χ0n) is 14.8. The number of carbonyl (C=O) groups is 3. The monoisotopic (exact) mass is 401 g/mol. The van der Waals surface area contributed by atoms with Gasteiger partial charge in [0, 0.05) is 19.2 Å². The molecule has 1 saturated heterocycles. The van der Waals surface area contributed by atoms with Crippen molar-refractivity contribution in [3.05, 3.63) is 59.9 Å². The van der Waals surface area contributed by atoms with E-state index in [1.165, 1.54) is 47.4 Å². The molecule has 0 spiro atoms. The molecule has 0 aliphatic carbocycles. The molecule has 144 valence electrons. The highest BCUT2D eigenvalue weighted by atomic mass is 32.2. The maximum absolute atomic E-state index is 13.0. The summed E-state index contributed by atoms with van der Waals surface area (Å²) in [4.78, 5) is 41.6. The Hall–Kier alpha value is -3.20. The minimum Gasteiger partial charge on any atom is -0.478 e. The van der Waals surface area contributed by atoms with Crippen LogP contribution in [0.3, 0.4) is 0 Å². The molecule has 0 radical (unpaired) electrons. The molecule has 0 unspecified atom stereocenters. The Balaban J connectivity index is 1.77. The number of amidine groups is 1. The van der Waals surface area contributed by atoms with Gasteiger partial charge in [-0.25, -0.2) is 14.2 Å². The summed E-state index contributed by atoms with van der Waals surface area (Å²) in [6.45, 7) is 0. The number of amides is 2. The molecule has 9 heteroatoms. The predicted octanol–water partition coefficient (Wildman–Crippen LogP) is 3.11. The largest absolute Gasteiger partial charge is 0.478 e. The van der Waals surface area contributed by atoms with E-state index in [2.05, 4.69) is 10.3 Å². The number of nitrogens with one attached hydrogen (secondary N) is 1. The van der Waals surface area contributed by atoms with Crippen molar-refractivity contribution in [2.24, 2.45) is 4.99 Å². The van der Waals surface area contributed by atoms with E-state index in [0.29, 0.717) is 16.5 Å². The third kappa shape index (κ3) is 4.55. The van der Waals surface area contributed by atoms with Gasteiger partial charge in [0.1, 0.15) is 11.1 Å². The van der Waals surface area contributed by atoms with Crippen LogP contribution in [-0.4, -0.2) is 45.3 Å². The summed E-state index contributed by atoms with van der Waals surface area (Å²) >= 11 is 1.11. The quantitative estimate of drug-likeness (QED) is 0.820. The van der Waals surface area contributed by atoms with Gasteiger partial charge in [-0.2, -0.15) is 0 Å². The second kappa shape index (κ2) is 8.22. The van der Waals surface area contributed by atoms with Gasteiger partial charge in [-0.1, -0.05) is 17.8 Å². The molecule has 1 aliphatic heterocycles. The van der Waals surface area contributed by atoms with Gasteiger partial charge in [-0.05, 0) is 42.5 Å². The second-order valence-corrected chi connectivity index (χ2v) is 7.18. The van der Waals surface area contributed by atoms with E-state index in [1.54, 1.807) is 13.1 Å². The lowest BCUT2D eigenvalue weighted by Gasteiger charge is -2.28. The van der Waals surface area contributed by atoms with Gasteiger partial charge in [-0.15, -0.1) is 0 Å². The number of benzene rings is 2. The Kier molecular flexibility index (Phi) is 5.74. The highest BCUT2D eigenvalue weighted by Gasteiger charge is 2.34. The van der Waals surface area contributed by atoms with Crippen LogP contribution in [0.25, 0.3) is 0 Å². The molecule has 0 bridgehead atoms. The minimum atomic E-state index is -1.10. The minimum absolute atomic E-state index is 0.0198. The zero-order valence-corrected chi connectivity index (χ0v) is 15.6. The number of carboxylic acid groups (broad SMARTS) is 1. The van der Waals surface area contributed by atoms with Crippen LogP contribution in [0.15, 0.2) is 53.5 Å². The molecule has 1 fully saturated rings. The summed E-state index contributed by atoms with van der Waals surface area (Å²) in [5.74, 6) is -2.21. The SMILES string of the molecule is CN1C(=O)C[C@@H](C(=O)Nc2cccc(C(=O)O)c2)SC1=Nc1ccc(F)cc1. The maximum atomic E-state index is 13.0. The molecule has 0 saturated carbocycles. The normalized spacial score (nSPS) is 18.2. The van der Waals surface area contributed by atoms with Crippen LogP contribution in [0.5, 0.6) is 0 Å². The number of carbonyl (C=O) groups excluding carboxylic acids is 2. The molecule has 1 atom stereocenters. The summed E-state index contributed by atoms with van der Waals surface area (Å²) in [7, 11) is 1.56. The highest BCUT2D eigenvalue weighted by Crippen LogP contribution is 2.29. The average Bonchev–Trinajstić information content (AvgIpc) is 2.67. The van der Waals surface area contributed by atoms with Gasteiger partial charge in [0.25, 0.3) is 0 Å². The third-order valence-electron chi connectivity index (χ3n) is 3.99. The van der Waals surface area contributed by atoms with Gasteiger partial charge in [0.05, 0.1) is 11.3 Å². The number of hydrogen-bond donors (Lipinski definition) is 2. The number of thioether (sulfide) groups is 1. The number of aromatic carboxylic acids is 1. The molecule has 2 aromatic carbocycles. The summed E-state index contributed by atoms with van der Waals surface area (Å²) in [5.41, 5.74) is 0.830. The maximum Gasteiger partial charge on any atom is 0.335 e. The van der Waals surface area contributed by atoms with Gasteiger partial charge in [-0.3, -0.25) is 14.5 Å². The van der Waals surface area contributed by atoms with E-state index in [-0.39, 0.29) is 17.9 Å². The standard InChI is InChI=1S/C19H16FN3O4S/c1-23-16(24)10-15(28-19(23)22-13-7-5-12(20)6-8-13)17(25)21-14-4-2-3-11(9-14)18(26)27/h2-9,15H,10H2,1H3,(H,21,25)(H,26,27)/t15-/m0/s1. The van der Waals surface area contributed by atoms with Gasteiger partial charge in [0.2, 0.25) is 11.8 Å². The van der Waals surface area contributed by atoms with E-state index in [9.17, 15) is 18.8 Å². The lowest BCUT2D eigenvalue weighted by atomic mass is 10.2. The molecule has 2 aromatic rings. The first-order valence-corrected chi connectivity index (χ1v) is 9.13. The van der Waals surface area contributed by atoms with E-state index >= 15 is 0 Å². The molecule has 28 heavy (non-hydrogen) atoms. The number of halogens is 1. The van der Waals surface area contributed by atoms with E-state index in [4.69, 9.17) is 5.11 Å². The van der Waals surface area contributed by atoms with Crippen LogP contribution < -0.4 is 5.32 Å². The van der Waals surface area contributed by atoms with Crippen molar-refractivity contribution < 1.29 is 23.9 Å². The van der Waals surface area contributed by atoms with Crippen LogP contribution >= 0.6 is 11.8 Å². The topological polar surface area (TPSA) is 99.1 Å². The van der Waals surface area contributed by atoms with Gasteiger partial charge in [0.15, 0.2) is 5.17 Å². The molecule has 2 amide bonds. The first-order chi connectivity index (χ1) is 13.3. The number of hydrogen-bond acceptors (Lipinski definition) is 5. The second-order valence-electron chi connectivity index (χ2n) is 6.01. The Morgan fingerprint density at radius 1 is 1.25 bits per heavy atom. The highest BCUT2D eigenvalue weighted by molar-refractivity contribution is 8.15. The molecular formula is C19H16FN3O4S. The molecule has 1 heterocycles. The first kappa shape index (κ1) is 19.6. The van der Waals surface area contributed by atoms with Gasteiger partial charge >= 0.3 is 5.97 Å². The van der Waals surface area contributed by atoms with E-state index < -0.39 is 22.9 Å². The smallest absolute Gasteiger partial charge is 0.335 e. The van der Waals surface area contributed by atoms with Crippen molar-refractivity contribution in [2.45, 2.75) is 11.7 Å². The van der Waals surface area contributed by atoms with Crippen molar-refractivity contribution in [3.63, 3.8) is 0 Å². The summed E-state index contributed by atoms with van der Waals surface area (Å²) < 4.78 is 13.0. The van der Waals surface area contributed by atoms with Crippen LogP contribution in [0, 0.1) is 5.82 Å². The molecule has 1 aliphatic rings. The van der Waals surface area contributed by atoms with Crippen LogP contribution in [-0.2, 0) is 9.59 Å². The van der Waals surface area contributed by atoms with Crippen molar-refractivity contribution in [1.29, 1.82) is 0 Å². The summed E-state index contributed by atoms with van der Waals surface area (Å²) in [5, 5.41) is 11.3. The Labute approximate surface area is 164 Å². The van der Waals surface area contributed by atoms with Crippen LogP contribution in [0.2, 0.25) is 0 Å². The van der Waals surface area contributed by atoms with E-state index in [1.807, 2.05) is 0 Å². The summed E-state index contributed by atoms with van der Waals surface area (Å²) in [6.07, 6.45) is -0.0198. The van der Waals surface area contributed by atoms with Crippen molar-refractivity contribution in [3.8, 4) is 0 Å². The Bertz CT molecular complexity index is 962. The van der Waals surface area contributed by atoms with Gasteiger partial charge < -0.3 is 10.4 Å². The fraction of sp³-hybridized carbons (Fsp3) is 0.158. The lowest BCUT2D eigenvalue weighted by Crippen LogP contribution is -2.43. The fourth-order valence-corrected chi connectivity index (χ4v) is 3.54. The summed E-state index contributed by atoms with van der Waals surface area (Å²) in [6, 6.07) is 11.3. The number of rotatable bonds is 4. The fourth-order valence-electron chi connectivity index (χ4n) is 2.48. The number of anilines is 1. The molecule has 0 aromatic heterocycles. The average molecular weight is 401 g/mol. The first-order valence-electron chi connectivity index (χ1n) is 8.25. The number of nitrogens with zero attached hydrogens (tertiary/aromatic N) is 2. The van der Waals surface area contributed by atoms with E-state index in [0.717, 1.165) is 11.8 Å². The molecular weight excluding hydrogens is 385 g/mol. The molecule has 2 N–H and O–H groups in total. The molecule has 7 nitrogen and oxygen atoms in total. The van der Waals surface area contributed by atoms with Crippen LogP contribution in [0.1, 0.15) is 16.8 Å². The Morgan fingerprint density at radius 3 is 2.64 bits per heavy atom. The van der Waals surface area contributed by atoms with Crippen molar-refractivity contribution in [1.82, 2.24) is 4.90 Å². The predicted molar refractivity (Wildman–Crippen MR) is 104 cm³/mol. The number of aliphatic imine (C=N–C) groups is 1. The van der Waals surface area contributed by atoms with Crippen LogP contribution in [0.4, 0.5) is 15.8 Å². The van der Waals surface area contributed by atoms with Crippen molar-refractivity contribution in [2.75, 3.05) is 12.4 Å². The third-order valence-corrected chi connectivity index (χ3v) is 5.23. The lowest BCUT2D eigenvalue weighted by molar-refractivity contribution is -0.128.